The van der Waals surface area contributed by atoms with Gasteiger partial charge in [-0.1, -0.05) is 91.0 Å². The van der Waals surface area contributed by atoms with Crippen molar-refractivity contribution < 1.29 is 0 Å². The number of anilines is 1. The predicted octanol–water partition coefficient (Wildman–Crippen LogP) is 9.69. The lowest BCUT2D eigenvalue weighted by molar-refractivity contribution is 0.673. The van der Waals surface area contributed by atoms with Crippen LogP contribution in [0.3, 0.4) is 0 Å². The summed E-state index contributed by atoms with van der Waals surface area (Å²) in [6.45, 7) is 0. The summed E-state index contributed by atoms with van der Waals surface area (Å²) in [6.07, 6.45) is 7.87. The number of nitrogens with zero attached hydrogens (tertiary/aromatic N) is 3. The van der Waals surface area contributed by atoms with Gasteiger partial charge < -0.3 is 14.0 Å². The summed E-state index contributed by atoms with van der Waals surface area (Å²) in [5.74, 6) is 0. The summed E-state index contributed by atoms with van der Waals surface area (Å²) < 4.78 is 4.77. The first-order valence-corrected chi connectivity index (χ1v) is 14.3. The van der Waals surface area contributed by atoms with Crippen LogP contribution in [0.2, 0.25) is 0 Å². The maximum absolute atomic E-state index is 2.42. The standard InChI is InChI=1S/C38H27N3/c1-3-13-33-31(11-1)32-12-2-4-14-34(32)41(33)30-10-7-9-28(23-30)26-18-20-27(21-19-26)29-24-38-37-17-8-22-39(37)35-15-5-6-16-36(35)40(38)25-29/h1-16,18-25,37H,17H2. The Morgan fingerprint density at radius 1 is 0.537 bits per heavy atom. The molecule has 3 heteroatoms. The molecule has 0 bridgehead atoms. The molecule has 2 aliphatic rings. The van der Waals surface area contributed by atoms with Crippen LogP contribution < -0.4 is 4.90 Å². The summed E-state index contributed by atoms with van der Waals surface area (Å²) in [7, 11) is 0. The molecular weight excluding hydrogens is 498 g/mol. The van der Waals surface area contributed by atoms with Crippen LogP contribution >= 0.6 is 0 Å². The normalized spacial score (nSPS) is 15.3. The van der Waals surface area contributed by atoms with Gasteiger partial charge in [-0.2, -0.15) is 0 Å². The second kappa shape index (κ2) is 8.61. The third-order valence-electron chi connectivity index (χ3n) is 8.81. The van der Waals surface area contributed by atoms with Gasteiger partial charge >= 0.3 is 0 Å². The molecule has 41 heavy (non-hydrogen) atoms. The Labute approximate surface area is 238 Å². The van der Waals surface area contributed by atoms with Crippen LogP contribution in [0.25, 0.3) is 55.4 Å². The van der Waals surface area contributed by atoms with Crippen molar-refractivity contribution in [1.29, 1.82) is 0 Å². The Bertz CT molecular complexity index is 2090. The van der Waals surface area contributed by atoms with Gasteiger partial charge in [0, 0.05) is 40.1 Å². The molecule has 9 rings (SSSR count). The van der Waals surface area contributed by atoms with Gasteiger partial charge in [0.05, 0.1) is 28.5 Å². The van der Waals surface area contributed by atoms with E-state index in [-0.39, 0.29) is 0 Å². The zero-order valence-electron chi connectivity index (χ0n) is 22.5. The highest BCUT2D eigenvalue weighted by Crippen LogP contribution is 2.45. The third kappa shape index (κ3) is 3.33. The van der Waals surface area contributed by atoms with E-state index in [9.17, 15) is 0 Å². The number of fused-ring (bicyclic) bond motifs is 9. The summed E-state index contributed by atoms with van der Waals surface area (Å²) in [5.41, 5.74) is 12.5. The number of para-hydroxylation sites is 4. The fourth-order valence-corrected chi connectivity index (χ4v) is 6.90. The molecule has 1 unspecified atom stereocenters. The number of hydrogen-bond acceptors (Lipinski definition) is 1. The molecule has 0 fully saturated rings. The molecule has 1 atom stereocenters. The highest BCUT2D eigenvalue weighted by atomic mass is 15.2. The van der Waals surface area contributed by atoms with Gasteiger partial charge in [0.25, 0.3) is 0 Å². The largest absolute Gasteiger partial charge is 0.337 e. The van der Waals surface area contributed by atoms with Gasteiger partial charge in [0.2, 0.25) is 0 Å². The third-order valence-corrected chi connectivity index (χ3v) is 8.81. The highest BCUT2D eigenvalue weighted by Gasteiger charge is 2.32. The smallest absolute Gasteiger partial charge is 0.0776 e. The lowest BCUT2D eigenvalue weighted by Gasteiger charge is -2.34. The van der Waals surface area contributed by atoms with Crippen molar-refractivity contribution in [1.82, 2.24) is 9.13 Å². The Morgan fingerprint density at radius 2 is 1.20 bits per heavy atom. The van der Waals surface area contributed by atoms with Crippen molar-refractivity contribution in [3.8, 4) is 33.6 Å². The van der Waals surface area contributed by atoms with Gasteiger partial charge in [0.15, 0.2) is 0 Å². The van der Waals surface area contributed by atoms with E-state index in [1.807, 2.05) is 0 Å². The zero-order chi connectivity index (χ0) is 26.9. The molecule has 2 aliphatic heterocycles. The Balaban J connectivity index is 1.10. The molecule has 4 heterocycles. The molecule has 0 saturated carbocycles. The van der Waals surface area contributed by atoms with Crippen molar-refractivity contribution >= 4 is 27.5 Å². The van der Waals surface area contributed by atoms with E-state index in [1.165, 1.54) is 66.8 Å². The van der Waals surface area contributed by atoms with Crippen LogP contribution in [-0.2, 0) is 0 Å². The number of hydrogen-bond donors (Lipinski definition) is 0. The first-order chi connectivity index (χ1) is 20.3. The van der Waals surface area contributed by atoms with Crippen molar-refractivity contribution in [3.05, 3.63) is 152 Å². The van der Waals surface area contributed by atoms with E-state index >= 15 is 0 Å². The second-order valence-electron chi connectivity index (χ2n) is 11.1. The predicted molar refractivity (Wildman–Crippen MR) is 170 cm³/mol. The van der Waals surface area contributed by atoms with Crippen LogP contribution in [0.15, 0.2) is 146 Å². The molecule has 7 aromatic rings. The summed E-state index contributed by atoms with van der Waals surface area (Å²) in [4.78, 5) is 2.42. The van der Waals surface area contributed by atoms with Gasteiger partial charge in [-0.25, -0.2) is 0 Å². The van der Waals surface area contributed by atoms with Crippen molar-refractivity contribution in [2.75, 3.05) is 4.90 Å². The highest BCUT2D eigenvalue weighted by molar-refractivity contribution is 6.09. The van der Waals surface area contributed by atoms with E-state index < -0.39 is 0 Å². The van der Waals surface area contributed by atoms with Gasteiger partial charge in [0.1, 0.15) is 0 Å². The van der Waals surface area contributed by atoms with Crippen molar-refractivity contribution in [3.63, 3.8) is 0 Å². The molecule has 0 radical (unpaired) electrons. The van der Waals surface area contributed by atoms with Crippen LogP contribution in [-0.4, -0.2) is 9.13 Å². The zero-order valence-corrected chi connectivity index (χ0v) is 22.5. The molecule has 0 aliphatic carbocycles. The van der Waals surface area contributed by atoms with Gasteiger partial charge in [-0.05, 0) is 65.6 Å². The number of benzene rings is 5. The Hall–Kier alpha value is -5.28. The van der Waals surface area contributed by atoms with Crippen LogP contribution in [0, 0.1) is 0 Å². The quantitative estimate of drug-likeness (QED) is 0.224. The molecule has 0 N–H and O–H groups in total. The molecular formula is C38H27N3. The molecule has 3 nitrogen and oxygen atoms in total. The molecule has 194 valence electrons. The summed E-state index contributed by atoms with van der Waals surface area (Å²) >= 11 is 0. The van der Waals surface area contributed by atoms with Gasteiger partial charge in [-0.15, -0.1) is 0 Å². The van der Waals surface area contributed by atoms with E-state index in [2.05, 4.69) is 160 Å². The van der Waals surface area contributed by atoms with E-state index in [0.29, 0.717) is 6.04 Å². The summed E-state index contributed by atoms with van der Waals surface area (Å²) in [6, 6.07) is 46.7. The maximum atomic E-state index is 2.42. The molecule has 0 saturated heterocycles. The lowest BCUT2D eigenvalue weighted by Crippen LogP contribution is -2.26. The maximum Gasteiger partial charge on any atom is 0.0776 e. The first-order valence-electron chi connectivity index (χ1n) is 14.3. The number of rotatable bonds is 3. The van der Waals surface area contributed by atoms with Crippen LogP contribution in [0.1, 0.15) is 18.2 Å². The minimum absolute atomic E-state index is 0.363. The summed E-state index contributed by atoms with van der Waals surface area (Å²) in [5, 5.41) is 2.57. The molecule has 2 aromatic heterocycles. The van der Waals surface area contributed by atoms with E-state index in [1.54, 1.807) is 0 Å². The fourth-order valence-electron chi connectivity index (χ4n) is 6.90. The molecule has 0 amide bonds. The molecule has 5 aromatic carbocycles. The van der Waals surface area contributed by atoms with Gasteiger partial charge in [-0.3, -0.25) is 0 Å². The SMILES string of the molecule is C1=CN2c3ccccc3-n3cc(-c4ccc(-c5cccc(-n6c7ccccc7c7ccccc76)c5)cc4)cc3C2C1. The average molecular weight is 526 g/mol. The lowest BCUT2D eigenvalue weighted by atomic mass is 10.0. The van der Waals surface area contributed by atoms with Crippen LogP contribution in [0.4, 0.5) is 5.69 Å². The minimum Gasteiger partial charge on any atom is -0.337 e. The monoisotopic (exact) mass is 525 g/mol. The van der Waals surface area contributed by atoms with E-state index in [4.69, 9.17) is 0 Å². The van der Waals surface area contributed by atoms with Crippen LogP contribution in [0.5, 0.6) is 0 Å². The Morgan fingerprint density at radius 3 is 1.95 bits per heavy atom. The van der Waals surface area contributed by atoms with Crippen molar-refractivity contribution in [2.24, 2.45) is 0 Å². The fraction of sp³-hybridized carbons (Fsp3) is 0.0526. The second-order valence-corrected chi connectivity index (χ2v) is 11.1. The minimum atomic E-state index is 0.363. The van der Waals surface area contributed by atoms with Crippen molar-refractivity contribution in [2.45, 2.75) is 12.5 Å². The number of aromatic nitrogens is 2. The Kier molecular flexibility index (Phi) is 4.73. The molecule has 0 spiro atoms. The topological polar surface area (TPSA) is 13.1 Å². The average Bonchev–Trinajstić information content (AvgIpc) is 3.78. The first kappa shape index (κ1) is 22.5. The van der Waals surface area contributed by atoms with E-state index in [0.717, 1.165) is 6.42 Å².